The molecular formula is C8H14O3. The van der Waals surface area contributed by atoms with Gasteiger partial charge in [0.15, 0.2) is 0 Å². The Morgan fingerprint density at radius 3 is 2.64 bits per heavy atom. The molecule has 64 valence electrons. The molecule has 0 saturated heterocycles. The van der Waals surface area contributed by atoms with Gasteiger partial charge in [0, 0.05) is 14.0 Å². The molecule has 0 aliphatic heterocycles. The van der Waals surface area contributed by atoms with Crippen molar-refractivity contribution in [2.24, 2.45) is 0 Å². The van der Waals surface area contributed by atoms with Crippen molar-refractivity contribution in [3.05, 3.63) is 12.2 Å². The molecule has 0 heterocycles. The molecule has 0 aromatic carbocycles. The van der Waals surface area contributed by atoms with Crippen LogP contribution < -0.4 is 0 Å². The molecule has 0 bridgehead atoms. The zero-order valence-corrected chi connectivity index (χ0v) is 7.16. The predicted octanol–water partition coefficient (Wildman–Crippen LogP) is 1.49. The third kappa shape index (κ3) is 5.61. The minimum atomic E-state index is -0.535. The first kappa shape index (κ1) is 10.2. The predicted molar refractivity (Wildman–Crippen MR) is 42.0 cm³/mol. The largest absolute Gasteiger partial charge is 0.432 e. The van der Waals surface area contributed by atoms with Gasteiger partial charge in [-0.2, -0.15) is 0 Å². The molecule has 0 amide bonds. The molecule has 0 radical (unpaired) electrons. The summed E-state index contributed by atoms with van der Waals surface area (Å²) in [7, 11) is 1.49. The quantitative estimate of drug-likeness (QED) is 0.353. The van der Waals surface area contributed by atoms with Crippen molar-refractivity contribution in [3.8, 4) is 0 Å². The van der Waals surface area contributed by atoms with Gasteiger partial charge in [0.2, 0.25) is 6.29 Å². The monoisotopic (exact) mass is 158 g/mol. The molecule has 0 aliphatic carbocycles. The molecule has 0 aromatic rings. The van der Waals surface area contributed by atoms with Crippen molar-refractivity contribution in [1.82, 2.24) is 0 Å². The Morgan fingerprint density at radius 2 is 2.27 bits per heavy atom. The van der Waals surface area contributed by atoms with Gasteiger partial charge < -0.3 is 9.47 Å². The molecule has 0 rings (SSSR count). The Labute approximate surface area is 67.0 Å². The number of hydrogen-bond acceptors (Lipinski definition) is 3. The van der Waals surface area contributed by atoms with E-state index < -0.39 is 6.29 Å². The first-order valence-electron chi connectivity index (χ1n) is 3.57. The van der Waals surface area contributed by atoms with E-state index in [0.29, 0.717) is 0 Å². The molecule has 3 heteroatoms. The van der Waals surface area contributed by atoms with Gasteiger partial charge >= 0.3 is 5.97 Å². The lowest BCUT2D eigenvalue weighted by atomic mass is 10.4. The summed E-state index contributed by atoms with van der Waals surface area (Å²) in [6.07, 6.45) is 3.96. The first-order valence-corrected chi connectivity index (χ1v) is 3.57. The zero-order chi connectivity index (χ0) is 8.69. The standard InChI is InChI=1S/C8H14O3/c1-4-5-6-8(10-3)11-7(2)9/h5-6,8H,4H2,1-3H3/b6-5+. The highest BCUT2D eigenvalue weighted by Crippen LogP contribution is 1.96. The van der Waals surface area contributed by atoms with Gasteiger partial charge in [-0.15, -0.1) is 0 Å². The van der Waals surface area contributed by atoms with Crippen molar-refractivity contribution < 1.29 is 14.3 Å². The zero-order valence-electron chi connectivity index (χ0n) is 7.16. The fourth-order valence-electron chi connectivity index (χ4n) is 0.577. The highest BCUT2D eigenvalue weighted by atomic mass is 16.7. The highest BCUT2D eigenvalue weighted by Gasteiger charge is 2.03. The van der Waals surface area contributed by atoms with Crippen molar-refractivity contribution in [1.29, 1.82) is 0 Å². The van der Waals surface area contributed by atoms with Gasteiger partial charge in [0.25, 0.3) is 0 Å². The second kappa shape index (κ2) is 5.92. The smallest absolute Gasteiger partial charge is 0.305 e. The van der Waals surface area contributed by atoms with E-state index >= 15 is 0 Å². The number of esters is 1. The molecule has 1 atom stereocenters. The van der Waals surface area contributed by atoms with Crippen LogP contribution >= 0.6 is 0 Å². The van der Waals surface area contributed by atoms with Crippen molar-refractivity contribution >= 4 is 5.97 Å². The van der Waals surface area contributed by atoms with E-state index in [1.165, 1.54) is 14.0 Å². The molecule has 0 saturated carbocycles. The van der Waals surface area contributed by atoms with Gasteiger partial charge in [0.1, 0.15) is 0 Å². The number of allylic oxidation sites excluding steroid dienone is 1. The molecular weight excluding hydrogens is 144 g/mol. The van der Waals surface area contributed by atoms with Crippen LogP contribution in [-0.4, -0.2) is 19.4 Å². The van der Waals surface area contributed by atoms with Crippen LogP contribution in [0.1, 0.15) is 20.3 Å². The summed E-state index contributed by atoms with van der Waals surface area (Å²) in [5.74, 6) is -0.336. The second-order valence-electron chi connectivity index (χ2n) is 2.05. The van der Waals surface area contributed by atoms with Crippen LogP contribution in [0.2, 0.25) is 0 Å². The van der Waals surface area contributed by atoms with E-state index in [9.17, 15) is 4.79 Å². The van der Waals surface area contributed by atoms with Crippen LogP contribution in [0.15, 0.2) is 12.2 Å². The molecule has 0 N–H and O–H groups in total. The lowest BCUT2D eigenvalue weighted by Gasteiger charge is -2.09. The lowest BCUT2D eigenvalue weighted by molar-refractivity contribution is -0.162. The fraction of sp³-hybridized carbons (Fsp3) is 0.625. The second-order valence-corrected chi connectivity index (χ2v) is 2.05. The van der Waals surface area contributed by atoms with E-state index in [0.717, 1.165) is 6.42 Å². The van der Waals surface area contributed by atoms with E-state index in [-0.39, 0.29) is 5.97 Å². The van der Waals surface area contributed by atoms with Gasteiger partial charge in [-0.05, 0) is 12.5 Å². The molecule has 0 spiro atoms. The Kier molecular flexibility index (Phi) is 5.47. The molecule has 0 aromatic heterocycles. The average Bonchev–Trinajstić information content (AvgIpc) is 1.97. The third-order valence-electron chi connectivity index (χ3n) is 1.04. The summed E-state index contributed by atoms with van der Waals surface area (Å²) in [5, 5.41) is 0. The molecule has 11 heavy (non-hydrogen) atoms. The summed E-state index contributed by atoms with van der Waals surface area (Å²) < 4.78 is 9.59. The number of methoxy groups -OCH3 is 1. The molecule has 0 fully saturated rings. The van der Waals surface area contributed by atoms with Gasteiger partial charge in [-0.1, -0.05) is 13.0 Å². The first-order chi connectivity index (χ1) is 5.20. The number of carbonyl (C=O) groups excluding carboxylic acids is 1. The maximum atomic E-state index is 10.4. The van der Waals surface area contributed by atoms with E-state index in [4.69, 9.17) is 9.47 Å². The van der Waals surface area contributed by atoms with Crippen LogP contribution in [0.3, 0.4) is 0 Å². The van der Waals surface area contributed by atoms with Crippen LogP contribution in [0.5, 0.6) is 0 Å². The molecule has 0 aliphatic rings. The summed E-state index contributed by atoms with van der Waals surface area (Å²) >= 11 is 0. The summed E-state index contributed by atoms with van der Waals surface area (Å²) in [6.45, 7) is 3.35. The Bertz CT molecular complexity index is 140. The number of ether oxygens (including phenoxy) is 2. The van der Waals surface area contributed by atoms with E-state index in [1.807, 2.05) is 13.0 Å². The molecule has 3 nitrogen and oxygen atoms in total. The van der Waals surface area contributed by atoms with E-state index in [1.54, 1.807) is 6.08 Å². The Hall–Kier alpha value is -0.830. The molecule has 1 unspecified atom stereocenters. The van der Waals surface area contributed by atoms with Gasteiger partial charge in [-0.3, -0.25) is 4.79 Å². The van der Waals surface area contributed by atoms with E-state index in [2.05, 4.69) is 0 Å². The maximum absolute atomic E-state index is 10.4. The van der Waals surface area contributed by atoms with Gasteiger partial charge in [-0.25, -0.2) is 0 Å². The number of hydrogen-bond donors (Lipinski definition) is 0. The van der Waals surface area contributed by atoms with Gasteiger partial charge in [0.05, 0.1) is 0 Å². The van der Waals surface area contributed by atoms with Crippen LogP contribution in [0.4, 0.5) is 0 Å². The highest BCUT2D eigenvalue weighted by molar-refractivity contribution is 5.66. The minimum Gasteiger partial charge on any atom is -0.432 e. The SMILES string of the molecule is CC/C=C/C(OC)OC(C)=O. The number of carbonyl (C=O) groups is 1. The van der Waals surface area contributed by atoms with Crippen LogP contribution in [0.25, 0.3) is 0 Å². The summed E-state index contributed by atoms with van der Waals surface area (Å²) in [4.78, 5) is 10.4. The van der Waals surface area contributed by atoms with Crippen molar-refractivity contribution in [2.45, 2.75) is 26.6 Å². The lowest BCUT2D eigenvalue weighted by Crippen LogP contribution is -2.15. The minimum absolute atomic E-state index is 0.336. The number of rotatable bonds is 4. The topological polar surface area (TPSA) is 35.5 Å². The average molecular weight is 158 g/mol. The maximum Gasteiger partial charge on any atom is 0.305 e. The fourth-order valence-corrected chi connectivity index (χ4v) is 0.577. The van der Waals surface area contributed by atoms with Crippen LogP contribution in [0, 0.1) is 0 Å². The summed E-state index contributed by atoms with van der Waals surface area (Å²) in [5.41, 5.74) is 0. The van der Waals surface area contributed by atoms with Crippen molar-refractivity contribution in [2.75, 3.05) is 7.11 Å². The van der Waals surface area contributed by atoms with Crippen molar-refractivity contribution in [3.63, 3.8) is 0 Å². The third-order valence-corrected chi connectivity index (χ3v) is 1.04. The Balaban J connectivity index is 3.75. The normalized spacial score (nSPS) is 13.4. The van der Waals surface area contributed by atoms with Crippen LogP contribution in [-0.2, 0) is 14.3 Å². The Morgan fingerprint density at radius 1 is 1.64 bits per heavy atom. The summed E-state index contributed by atoms with van der Waals surface area (Å²) in [6, 6.07) is 0.